The monoisotopic (exact) mass is 306 g/mol. The van der Waals surface area contributed by atoms with Gasteiger partial charge in [0.25, 0.3) is 0 Å². The number of benzene rings is 1. The molecule has 108 valence electrons. The number of nitriles is 1. The quantitative estimate of drug-likeness (QED) is 0.630. The van der Waals surface area contributed by atoms with Crippen LogP contribution >= 0.6 is 11.8 Å². The Kier molecular flexibility index (Phi) is 5.22. The number of nitrogens with one attached hydrogen (secondary N) is 1. The lowest BCUT2D eigenvalue weighted by atomic mass is 10.3. The number of carbonyl (C=O) groups is 1. The van der Waals surface area contributed by atoms with Crippen LogP contribution in [0.5, 0.6) is 0 Å². The van der Waals surface area contributed by atoms with Crippen LogP contribution < -0.4 is 5.32 Å². The van der Waals surface area contributed by atoms with Crippen LogP contribution in [-0.4, -0.2) is 38.4 Å². The molecular weight excluding hydrogens is 295 g/mol. The van der Waals surface area contributed by atoms with Gasteiger partial charge < -0.3 is 5.32 Å². The van der Waals surface area contributed by atoms with Gasteiger partial charge in [0, 0.05) is 6.54 Å². The van der Waals surface area contributed by atoms with Gasteiger partial charge in [0.2, 0.25) is 11.1 Å². The van der Waals surface area contributed by atoms with Crippen molar-refractivity contribution in [2.75, 3.05) is 12.3 Å². The predicted octanol–water partition coefficient (Wildman–Crippen LogP) is 0.923. The number of nitrogens with zero attached hydrogens (tertiary/aromatic N) is 5. The second-order valence-corrected chi connectivity index (χ2v) is 4.84. The molecule has 0 saturated heterocycles. The van der Waals surface area contributed by atoms with E-state index in [9.17, 15) is 9.18 Å². The summed E-state index contributed by atoms with van der Waals surface area (Å²) in [6, 6.07) is 7.77. The fourth-order valence-corrected chi connectivity index (χ4v) is 2.20. The first kappa shape index (κ1) is 14.9. The van der Waals surface area contributed by atoms with Crippen molar-refractivity contribution in [1.82, 2.24) is 25.5 Å². The molecule has 0 unspecified atom stereocenters. The Balaban J connectivity index is 1.98. The lowest BCUT2D eigenvalue weighted by Crippen LogP contribution is -2.26. The molecule has 0 aliphatic rings. The van der Waals surface area contributed by atoms with Crippen molar-refractivity contribution in [3.8, 4) is 11.8 Å². The van der Waals surface area contributed by atoms with E-state index >= 15 is 0 Å². The third kappa shape index (κ3) is 4.25. The normalized spacial score (nSPS) is 10.1. The highest BCUT2D eigenvalue weighted by Crippen LogP contribution is 2.18. The Bertz CT molecular complexity index is 668. The number of hydrogen-bond acceptors (Lipinski definition) is 6. The number of halogens is 1. The number of carbonyl (C=O) groups excluding carboxylic acids is 1. The zero-order valence-corrected chi connectivity index (χ0v) is 11.7. The molecule has 7 nitrogen and oxygen atoms in total. The maximum Gasteiger partial charge on any atom is 0.230 e. The first-order valence-electron chi connectivity index (χ1n) is 6.01. The summed E-state index contributed by atoms with van der Waals surface area (Å²) in [4.78, 5) is 11.5. The van der Waals surface area contributed by atoms with Gasteiger partial charge in [-0.1, -0.05) is 17.8 Å². The maximum atomic E-state index is 13.2. The summed E-state index contributed by atoms with van der Waals surface area (Å²) in [5.41, 5.74) is 0.479. The van der Waals surface area contributed by atoms with Crippen LogP contribution in [0.25, 0.3) is 5.69 Å². The van der Waals surface area contributed by atoms with Gasteiger partial charge >= 0.3 is 0 Å². The highest BCUT2D eigenvalue weighted by Gasteiger charge is 2.11. The second-order valence-electron chi connectivity index (χ2n) is 3.90. The highest BCUT2D eigenvalue weighted by molar-refractivity contribution is 7.99. The zero-order chi connectivity index (χ0) is 15.1. The molecule has 1 amide bonds. The van der Waals surface area contributed by atoms with Crippen molar-refractivity contribution in [3.63, 3.8) is 0 Å². The van der Waals surface area contributed by atoms with Gasteiger partial charge in [-0.05, 0) is 28.6 Å². The average Bonchev–Trinajstić information content (AvgIpc) is 2.94. The van der Waals surface area contributed by atoms with E-state index in [2.05, 4.69) is 20.8 Å². The average molecular weight is 306 g/mol. The SMILES string of the molecule is N#CCCNC(=O)CSc1nnnn1-c1cccc(F)c1. The molecule has 0 bridgehead atoms. The number of tetrazole rings is 1. The summed E-state index contributed by atoms with van der Waals surface area (Å²) >= 11 is 1.13. The van der Waals surface area contributed by atoms with Crippen molar-refractivity contribution < 1.29 is 9.18 Å². The Hall–Kier alpha value is -2.47. The summed E-state index contributed by atoms with van der Waals surface area (Å²) < 4.78 is 14.6. The molecule has 9 heteroatoms. The number of rotatable bonds is 6. The summed E-state index contributed by atoms with van der Waals surface area (Å²) in [5, 5.41) is 22.5. The molecule has 0 fully saturated rings. The first-order valence-corrected chi connectivity index (χ1v) is 7.00. The molecule has 0 aliphatic carbocycles. The van der Waals surface area contributed by atoms with Crippen LogP contribution in [0.4, 0.5) is 4.39 Å². The standard InChI is InChI=1S/C12H11FN6OS/c13-9-3-1-4-10(7-9)19-12(16-17-18-19)21-8-11(20)15-6-2-5-14/h1,3-4,7H,2,6,8H2,(H,15,20). The molecule has 0 atom stereocenters. The summed E-state index contributed by atoms with van der Waals surface area (Å²) in [6.45, 7) is 0.310. The summed E-state index contributed by atoms with van der Waals surface area (Å²) in [5.74, 6) is -0.501. The van der Waals surface area contributed by atoms with Crippen LogP contribution in [0.3, 0.4) is 0 Å². The lowest BCUT2D eigenvalue weighted by Gasteiger charge is -2.04. The molecular formula is C12H11FN6OS. The van der Waals surface area contributed by atoms with Crippen LogP contribution in [0.2, 0.25) is 0 Å². The summed E-state index contributed by atoms with van der Waals surface area (Å²) in [7, 11) is 0. The molecule has 1 heterocycles. The fourth-order valence-electron chi connectivity index (χ4n) is 1.48. The molecule has 1 aromatic heterocycles. The minimum atomic E-state index is -0.395. The Labute approximate surface area is 124 Å². The Morgan fingerprint density at radius 2 is 2.38 bits per heavy atom. The third-order valence-corrected chi connectivity index (χ3v) is 3.30. The largest absolute Gasteiger partial charge is 0.354 e. The molecule has 2 aromatic rings. The number of hydrogen-bond donors (Lipinski definition) is 1. The van der Waals surface area contributed by atoms with Crippen LogP contribution in [0.1, 0.15) is 6.42 Å². The van der Waals surface area contributed by atoms with Gasteiger partial charge in [-0.2, -0.15) is 9.94 Å². The van der Waals surface area contributed by atoms with Crippen molar-refractivity contribution in [2.45, 2.75) is 11.6 Å². The minimum Gasteiger partial charge on any atom is -0.354 e. The molecule has 0 saturated carbocycles. The number of thioether (sulfide) groups is 1. The van der Waals surface area contributed by atoms with Gasteiger partial charge in [0.05, 0.1) is 23.9 Å². The van der Waals surface area contributed by atoms with E-state index < -0.39 is 5.82 Å². The van der Waals surface area contributed by atoms with E-state index in [-0.39, 0.29) is 18.1 Å². The molecule has 21 heavy (non-hydrogen) atoms. The second kappa shape index (κ2) is 7.35. The van der Waals surface area contributed by atoms with E-state index in [1.807, 2.05) is 6.07 Å². The highest BCUT2D eigenvalue weighted by atomic mass is 32.2. The van der Waals surface area contributed by atoms with Gasteiger partial charge in [0.15, 0.2) is 0 Å². The van der Waals surface area contributed by atoms with Crippen molar-refractivity contribution in [3.05, 3.63) is 30.1 Å². The predicted molar refractivity (Wildman–Crippen MR) is 73.1 cm³/mol. The molecule has 0 radical (unpaired) electrons. The molecule has 1 N–H and O–H groups in total. The van der Waals surface area contributed by atoms with E-state index in [1.54, 1.807) is 12.1 Å². The molecule has 0 aliphatic heterocycles. The van der Waals surface area contributed by atoms with Crippen molar-refractivity contribution >= 4 is 17.7 Å². The summed E-state index contributed by atoms with van der Waals surface area (Å²) in [6.07, 6.45) is 0.261. The van der Waals surface area contributed by atoms with Gasteiger partial charge in [-0.25, -0.2) is 4.39 Å². The van der Waals surface area contributed by atoms with Gasteiger partial charge in [0.1, 0.15) is 5.82 Å². The number of amides is 1. The van der Waals surface area contributed by atoms with Crippen LogP contribution in [0.15, 0.2) is 29.4 Å². The van der Waals surface area contributed by atoms with Crippen molar-refractivity contribution in [1.29, 1.82) is 5.26 Å². The maximum absolute atomic E-state index is 13.2. The molecule has 0 spiro atoms. The third-order valence-electron chi connectivity index (χ3n) is 2.39. The van der Waals surface area contributed by atoms with E-state index in [1.165, 1.54) is 16.8 Å². The van der Waals surface area contributed by atoms with Crippen molar-refractivity contribution in [2.24, 2.45) is 0 Å². The first-order chi connectivity index (χ1) is 10.2. The van der Waals surface area contributed by atoms with E-state index in [4.69, 9.17) is 5.26 Å². The fraction of sp³-hybridized carbons (Fsp3) is 0.250. The zero-order valence-electron chi connectivity index (χ0n) is 10.9. The molecule has 2 rings (SSSR count). The number of aromatic nitrogens is 4. The van der Waals surface area contributed by atoms with Gasteiger partial charge in [-0.15, -0.1) is 5.10 Å². The Morgan fingerprint density at radius 1 is 1.52 bits per heavy atom. The van der Waals surface area contributed by atoms with Gasteiger partial charge in [-0.3, -0.25) is 4.79 Å². The smallest absolute Gasteiger partial charge is 0.230 e. The van der Waals surface area contributed by atoms with Crippen LogP contribution in [0, 0.1) is 17.1 Å². The van der Waals surface area contributed by atoms with E-state index in [0.717, 1.165) is 11.8 Å². The van der Waals surface area contributed by atoms with E-state index in [0.29, 0.717) is 17.4 Å². The Morgan fingerprint density at radius 3 is 3.14 bits per heavy atom. The molecule has 1 aromatic carbocycles. The topological polar surface area (TPSA) is 96.5 Å². The van der Waals surface area contributed by atoms with Crippen LogP contribution in [-0.2, 0) is 4.79 Å². The minimum absolute atomic E-state index is 0.112. The lowest BCUT2D eigenvalue weighted by molar-refractivity contribution is -0.118.